The van der Waals surface area contributed by atoms with E-state index >= 15 is 0 Å². The first kappa shape index (κ1) is 20.4. The highest BCUT2D eigenvalue weighted by atomic mass is 35.5. The fourth-order valence-electron chi connectivity index (χ4n) is 3.37. The monoisotopic (exact) mass is 371 g/mol. The van der Waals surface area contributed by atoms with Crippen LogP contribution in [0.2, 0.25) is 5.02 Å². The minimum Gasteiger partial charge on any atom is -0.497 e. The third-order valence-corrected chi connectivity index (χ3v) is 5.66. The van der Waals surface area contributed by atoms with Crippen LogP contribution < -0.4 is 4.74 Å². The molecule has 0 amide bonds. The molecule has 0 saturated carbocycles. The summed E-state index contributed by atoms with van der Waals surface area (Å²) >= 11 is 6.49. The molecule has 0 spiro atoms. The van der Waals surface area contributed by atoms with Crippen molar-refractivity contribution in [2.45, 2.75) is 47.5 Å². The van der Waals surface area contributed by atoms with Crippen molar-refractivity contribution in [3.05, 3.63) is 70.2 Å². The van der Waals surface area contributed by atoms with Crippen molar-refractivity contribution in [1.82, 2.24) is 4.90 Å². The Hall–Kier alpha value is -1.93. The Morgan fingerprint density at radius 1 is 1.23 bits per heavy atom. The Bertz CT molecular complexity index is 781. The lowest BCUT2D eigenvalue weighted by Crippen LogP contribution is -2.21. The smallest absolute Gasteiger partial charge is 0.120 e. The third-order valence-electron chi connectivity index (χ3n) is 5.35. The van der Waals surface area contributed by atoms with E-state index in [1.54, 1.807) is 7.11 Å². The molecule has 1 heterocycles. The number of hydrogen-bond acceptors (Lipinski definition) is 2. The molecule has 0 radical (unpaired) electrons. The van der Waals surface area contributed by atoms with Crippen LogP contribution in [0.4, 0.5) is 0 Å². The van der Waals surface area contributed by atoms with Gasteiger partial charge in [0.15, 0.2) is 0 Å². The molecular weight excluding hydrogens is 342 g/mol. The first-order valence-corrected chi connectivity index (χ1v) is 9.61. The van der Waals surface area contributed by atoms with Gasteiger partial charge in [0, 0.05) is 17.6 Å². The molecule has 0 fully saturated rings. The standard InChI is InChI=1S/C23H30ClNO/c1-8-19(9-2)20-12-15(3)17(5)25(14-20)18(6)16(4)22-11-10-21(26-7)13-23(22)24/h10-14,19H,5,8-9H2,1-4,6-7H3/b18-16+. The molecular formula is C23H30ClNO. The van der Waals surface area contributed by atoms with Crippen molar-refractivity contribution in [2.75, 3.05) is 7.11 Å². The maximum absolute atomic E-state index is 6.49. The molecule has 0 saturated heterocycles. The molecule has 0 aliphatic carbocycles. The second-order valence-corrected chi connectivity index (χ2v) is 7.25. The van der Waals surface area contributed by atoms with Gasteiger partial charge in [0.2, 0.25) is 0 Å². The van der Waals surface area contributed by atoms with Crippen LogP contribution in [-0.4, -0.2) is 12.0 Å². The zero-order valence-electron chi connectivity index (χ0n) is 16.8. The number of nitrogens with zero attached hydrogens (tertiary/aromatic N) is 1. The van der Waals surface area contributed by atoms with Gasteiger partial charge in [-0.05, 0) is 80.0 Å². The maximum atomic E-state index is 6.49. The molecule has 2 nitrogen and oxygen atoms in total. The van der Waals surface area contributed by atoms with Gasteiger partial charge in [-0.2, -0.15) is 0 Å². The summed E-state index contributed by atoms with van der Waals surface area (Å²) in [6, 6.07) is 5.82. The van der Waals surface area contributed by atoms with Crippen LogP contribution >= 0.6 is 11.6 Å². The van der Waals surface area contributed by atoms with Gasteiger partial charge in [-0.3, -0.25) is 0 Å². The lowest BCUT2D eigenvalue weighted by atomic mass is 9.90. The van der Waals surface area contributed by atoms with Gasteiger partial charge in [-0.15, -0.1) is 0 Å². The molecule has 26 heavy (non-hydrogen) atoms. The Kier molecular flexibility index (Phi) is 6.77. The first-order chi connectivity index (χ1) is 12.3. The van der Waals surface area contributed by atoms with Crippen molar-refractivity contribution >= 4 is 17.2 Å². The minimum absolute atomic E-state index is 0.568. The molecule has 2 rings (SSSR count). The quantitative estimate of drug-likeness (QED) is 0.524. The fourth-order valence-corrected chi connectivity index (χ4v) is 3.68. The number of benzene rings is 1. The molecule has 1 aliphatic heterocycles. The highest BCUT2D eigenvalue weighted by molar-refractivity contribution is 6.32. The molecule has 0 atom stereocenters. The normalized spacial score (nSPS) is 15.7. The van der Waals surface area contributed by atoms with Crippen molar-refractivity contribution < 1.29 is 4.74 Å². The summed E-state index contributed by atoms with van der Waals surface area (Å²) in [6.45, 7) is 15.2. The van der Waals surface area contributed by atoms with Crippen molar-refractivity contribution in [2.24, 2.45) is 5.92 Å². The Morgan fingerprint density at radius 2 is 1.88 bits per heavy atom. The fraction of sp³-hybridized carbons (Fsp3) is 0.391. The number of methoxy groups -OCH3 is 1. The summed E-state index contributed by atoms with van der Waals surface area (Å²) in [5.41, 5.74) is 6.88. The molecule has 1 aromatic rings. The van der Waals surface area contributed by atoms with Gasteiger partial charge in [0.05, 0.1) is 12.1 Å². The second-order valence-electron chi connectivity index (χ2n) is 6.84. The zero-order valence-corrected chi connectivity index (χ0v) is 17.6. The van der Waals surface area contributed by atoms with Gasteiger partial charge in [-0.1, -0.05) is 38.1 Å². The van der Waals surface area contributed by atoms with Crippen LogP contribution in [0.1, 0.15) is 53.0 Å². The van der Waals surface area contributed by atoms with Gasteiger partial charge in [0.25, 0.3) is 0 Å². The predicted octanol–water partition coefficient (Wildman–Crippen LogP) is 7.20. The van der Waals surface area contributed by atoms with E-state index in [0.717, 1.165) is 41.1 Å². The van der Waals surface area contributed by atoms with E-state index in [1.165, 1.54) is 11.1 Å². The van der Waals surface area contributed by atoms with Crippen LogP contribution in [0.5, 0.6) is 5.75 Å². The lowest BCUT2D eigenvalue weighted by Gasteiger charge is -2.32. The van der Waals surface area contributed by atoms with Crippen LogP contribution in [0, 0.1) is 5.92 Å². The van der Waals surface area contributed by atoms with Gasteiger partial charge in [-0.25, -0.2) is 0 Å². The van der Waals surface area contributed by atoms with Crippen LogP contribution in [-0.2, 0) is 0 Å². The maximum Gasteiger partial charge on any atom is 0.120 e. The van der Waals surface area contributed by atoms with Gasteiger partial charge < -0.3 is 9.64 Å². The average molecular weight is 372 g/mol. The van der Waals surface area contributed by atoms with Crippen molar-refractivity contribution in [3.8, 4) is 5.75 Å². The van der Waals surface area contributed by atoms with E-state index in [0.29, 0.717) is 10.9 Å². The van der Waals surface area contributed by atoms with Gasteiger partial charge in [0.1, 0.15) is 5.75 Å². The summed E-state index contributed by atoms with van der Waals surface area (Å²) in [4.78, 5) is 2.21. The zero-order chi connectivity index (χ0) is 19.4. The molecule has 0 aromatic heterocycles. The number of allylic oxidation sites excluding steroid dienone is 5. The van der Waals surface area contributed by atoms with E-state index in [2.05, 4.69) is 58.4 Å². The lowest BCUT2D eigenvalue weighted by molar-refractivity contribution is 0.415. The van der Waals surface area contributed by atoms with E-state index < -0.39 is 0 Å². The average Bonchev–Trinajstić information content (AvgIpc) is 2.64. The van der Waals surface area contributed by atoms with Crippen molar-refractivity contribution in [3.63, 3.8) is 0 Å². The van der Waals surface area contributed by atoms with Crippen LogP contribution in [0.25, 0.3) is 5.57 Å². The van der Waals surface area contributed by atoms with E-state index in [4.69, 9.17) is 16.3 Å². The number of halogens is 1. The highest BCUT2D eigenvalue weighted by Crippen LogP contribution is 2.36. The molecule has 0 N–H and O–H groups in total. The Balaban J connectivity index is 2.48. The molecule has 1 aromatic carbocycles. The summed E-state index contributed by atoms with van der Waals surface area (Å²) < 4.78 is 5.26. The van der Waals surface area contributed by atoms with Crippen LogP contribution in [0.15, 0.2) is 59.6 Å². The number of ether oxygens (including phenoxy) is 1. The van der Waals surface area contributed by atoms with E-state index in [9.17, 15) is 0 Å². The highest BCUT2D eigenvalue weighted by Gasteiger charge is 2.21. The summed E-state index contributed by atoms with van der Waals surface area (Å²) in [7, 11) is 1.65. The molecule has 3 heteroatoms. The first-order valence-electron chi connectivity index (χ1n) is 9.23. The summed E-state index contributed by atoms with van der Waals surface area (Å²) in [5.74, 6) is 1.33. The number of hydrogen-bond donors (Lipinski definition) is 0. The topological polar surface area (TPSA) is 12.5 Å². The summed E-state index contributed by atoms with van der Waals surface area (Å²) in [5, 5.41) is 0.695. The second kappa shape index (κ2) is 8.64. The van der Waals surface area contributed by atoms with Crippen molar-refractivity contribution in [1.29, 1.82) is 0 Å². The predicted molar refractivity (Wildman–Crippen MR) is 113 cm³/mol. The SMILES string of the molecule is C=C1C(C)=CC(C(CC)CC)=CN1/C(C)=C(\C)c1ccc(OC)cc1Cl. The molecule has 140 valence electrons. The third kappa shape index (κ3) is 4.07. The Labute approximate surface area is 163 Å². The number of rotatable bonds is 6. The van der Waals surface area contributed by atoms with E-state index in [1.807, 2.05) is 18.2 Å². The van der Waals surface area contributed by atoms with Gasteiger partial charge >= 0.3 is 0 Å². The minimum atomic E-state index is 0.568. The summed E-state index contributed by atoms with van der Waals surface area (Å²) in [6.07, 6.45) is 6.79. The Morgan fingerprint density at radius 3 is 2.42 bits per heavy atom. The van der Waals surface area contributed by atoms with E-state index in [-0.39, 0.29) is 0 Å². The molecule has 0 unspecified atom stereocenters. The molecule has 0 bridgehead atoms. The van der Waals surface area contributed by atoms with Crippen LogP contribution in [0.3, 0.4) is 0 Å². The molecule has 1 aliphatic rings. The largest absolute Gasteiger partial charge is 0.497 e.